The van der Waals surface area contributed by atoms with Crippen molar-refractivity contribution in [3.05, 3.63) is 48.4 Å². The highest BCUT2D eigenvalue weighted by Gasteiger charge is 2.13. The second-order valence-corrected chi connectivity index (χ2v) is 4.60. The fraction of sp³-hybridized carbons (Fsp3) is 0.133. The Morgan fingerprint density at radius 1 is 1.29 bits per heavy atom. The van der Waals surface area contributed by atoms with Crippen molar-refractivity contribution in [2.24, 2.45) is 7.05 Å². The van der Waals surface area contributed by atoms with Gasteiger partial charge in [0.25, 0.3) is 0 Å². The topological polar surface area (TPSA) is 61.9 Å². The smallest absolute Gasteiger partial charge is 0.153 e. The SMILES string of the molecule is COc1cccc(-n2cc(C=O)c(-c3cnn(C)c3)n2)c1. The summed E-state index contributed by atoms with van der Waals surface area (Å²) in [6, 6.07) is 7.49. The molecule has 106 valence electrons. The summed E-state index contributed by atoms with van der Waals surface area (Å²) in [5.41, 5.74) is 2.76. The number of aryl methyl sites for hydroxylation is 1. The van der Waals surface area contributed by atoms with E-state index in [1.807, 2.05) is 37.5 Å². The Bertz CT molecular complexity index is 789. The van der Waals surface area contributed by atoms with Gasteiger partial charge in [-0.15, -0.1) is 0 Å². The van der Waals surface area contributed by atoms with Gasteiger partial charge < -0.3 is 4.74 Å². The van der Waals surface area contributed by atoms with Crippen molar-refractivity contribution in [2.75, 3.05) is 7.11 Å². The van der Waals surface area contributed by atoms with Crippen molar-refractivity contribution in [3.63, 3.8) is 0 Å². The first kappa shape index (κ1) is 13.1. The Kier molecular flexibility index (Phi) is 3.27. The Morgan fingerprint density at radius 2 is 2.14 bits per heavy atom. The van der Waals surface area contributed by atoms with E-state index in [2.05, 4.69) is 10.2 Å². The van der Waals surface area contributed by atoms with Crippen molar-refractivity contribution in [1.29, 1.82) is 0 Å². The number of hydrogen-bond acceptors (Lipinski definition) is 4. The lowest BCUT2D eigenvalue weighted by molar-refractivity contribution is 0.112. The average Bonchev–Trinajstić information content (AvgIpc) is 3.13. The van der Waals surface area contributed by atoms with E-state index in [1.54, 1.807) is 28.9 Å². The summed E-state index contributed by atoms with van der Waals surface area (Å²) in [6.45, 7) is 0. The third kappa shape index (κ3) is 2.43. The van der Waals surface area contributed by atoms with Crippen LogP contribution in [0.3, 0.4) is 0 Å². The van der Waals surface area contributed by atoms with Crippen LogP contribution in [0.1, 0.15) is 10.4 Å². The lowest BCUT2D eigenvalue weighted by Crippen LogP contribution is -1.95. The van der Waals surface area contributed by atoms with Gasteiger partial charge in [-0.1, -0.05) is 6.07 Å². The molecule has 1 aromatic carbocycles. The summed E-state index contributed by atoms with van der Waals surface area (Å²) in [5.74, 6) is 0.735. The Labute approximate surface area is 121 Å². The van der Waals surface area contributed by atoms with E-state index in [0.717, 1.165) is 23.3 Å². The van der Waals surface area contributed by atoms with Gasteiger partial charge in [0.1, 0.15) is 11.4 Å². The molecular weight excluding hydrogens is 268 g/mol. The van der Waals surface area contributed by atoms with E-state index in [-0.39, 0.29) is 0 Å². The van der Waals surface area contributed by atoms with Crippen molar-refractivity contribution >= 4 is 6.29 Å². The number of carbonyl (C=O) groups excluding carboxylic acids is 1. The molecule has 0 aliphatic heterocycles. The molecule has 3 rings (SSSR count). The monoisotopic (exact) mass is 282 g/mol. The normalized spacial score (nSPS) is 10.6. The molecule has 0 spiro atoms. The summed E-state index contributed by atoms with van der Waals surface area (Å²) in [6.07, 6.45) is 6.01. The van der Waals surface area contributed by atoms with Gasteiger partial charge in [0.2, 0.25) is 0 Å². The molecule has 0 atom stereocenters. The number of methoxy groups -OCH3 is 1. The number of aromatic nitrogens is 4. The van der Waals surface area contributed by atoms with Crippen LogP contribution < -0.4 is 4.74 Å². The summed E-state index contributed by atoms with van der Waals surface area (Å²) >= 11 is 0. The van der Waals surface area contributed by atoms with Crippen LogP contribution >= 0.6 is 0 Å². The predicted octanol–water partition coefficient (Wildman–Crippen LogP) is 2.09. The summed E-state index contributed by atoms with van der Waals surface area (Å²) in [7, 11) is 3.43. The summed E-state index contributed by atoms with van der Waals surface area (Å²) in [4.78, 5) is 11.3. The maximum atomic E-state index is 11.3. The zero-order valence-electron chi connectivity index (χ0n) is 11.7. The van der Waals surface area contributed by atoms with Crippen LogP contribution in [0.25, 0.3) is 16.9 Å². The largest absolute Gasteiger partial charge is 0.497 e. The van der Waals surface area contributed by atoms with Gasteiger partial charge in [-0.25, -0.2) is 4.68 Å². The molecule has 21 heavy (non-hydrogen) atoms. The van der Waals surface area contributed by atoms with Gasteiger partial charge in [-0.3, -0.25) is 9.48 Å². The number of ether oxygens (including phenoxy) is 1. The van der Waals surface area contributed by atoms with Crippen LogP contribution in [-0.4, -0.2) is 33.0 Å². The van der Waals surface area contributed by atoms with Crippen LogP contribution in [0.15, 0.2) is 42.9 Å². The average molecular weight is 282 g/mol. The highest BCUT2D eigenvalue weighted by molar-refractivity contribution is 5.85. The maximum absolute atomic E-state index is 11.3. The zero-order chi connectivity index (χ0) is 14.8. The van der Waals surface area contributed by atoms with Crippen molar-refractivity contribution in [1.82, 2.24) is 19.6 Å². The maximum Gasteiger partial charge on any atom is 0.153 e. The van der Waals surface area contributed by atoms with Gasteiger partial charge in [0.05, 0.1) is 24.6 Å². The van der Waals surface area contributed by atoms with E-state index < -0.39 is 0 Å². The number of benzene rings is 1. The van der Waals surface area contributed by atoms with Crippen molar-refractivity contribution in [3.8, 4) is 22.7 Å². The molecule has 0 fully saturated rings. The molecule has 0 saturated carbocycles. The first-order chi connectivity index (χ1) is 10.2. The first-order valence-electron chi connectivity index (χ1n) is 6.39. The number of aldehydes is 1. The molecule has 0 bridgehead atoms. The van der Waals surface area contributed by atoms with Crippen LogP contribution in [-0.2, 0) is 7.05 Å². The Morgan fingerprint density at radius 3 is 2.81 bits per heavy atom. The Hall–Kier alpha value is -2.89. The van der Waals surface area contributed by atoms with Crippen LogP contribution in [0.5, 0.6) is 5.75 Å². The van der Waals surface area contributed by atoms with E-state index in [4.69, 9.17) is 4.74 Å². The molecule has 0 aliphatic rings. The van der Waals surface area contributed by atoms with Gasteiger partial charge in [-0.05, 0) is 12.1 Å². The van der Waals surface area contributed by atoms with E-state index >= 15 is 0 Å². The second-order valence-electron chi connectivity index (χ2n) is 4.60. The second kappa shape index (κ2) is 5.24. The molecule has 6 heteroatoms. The molecular formula is C15H14N4O2. The lowest BCUT2D eigenvalue weighted by Gasteiger charge is -2.03. The number of carbonyl (C=O) groups is 1. The van der Waals surface area contributed by atoms with E-state index in [0.29, 0.717) is 11.3 Å². The molecule has 0 saturated heterocycles. The molecule has 3 aromatic rings. The quantitative estimate of drug-likeness (QED) is 0.687. The fourth-order valence-electron chi connectivity index (χ4n) is 2.13. The predicted molar refractivity (Wildman–Crippen MR) is 77.7 cm³/mol. The third-order valence-corrected chi connectivity index (χ3v) is 3.17. The molecule has 0 N–H and O–H groups in total. The molecule has 0 aliphatic carbocycles. The van der Waals surface area contributed by atoms with Crippen LogP contribution in [0, 0.1) is 0 Å². The lowest BCUT2D eigenvalue weighted by atomic mass is 10.2. The third-order valence-electron chi connectivity index (χ3n) is 3.17. The zero-order valence-corrected chi connectivity index (χ0v) is 11.7. The summed E-state index contributed by atoms with van der Waals surface area (Å²) in [5, 5.41) is 8.60. The van der Waals surface area contributed by atoms with Crippen LogP contribution in [0.4, 0.5) is 0 Å². The molecule has 2 aromatic heterocycles. The van der Waals surface area contributed by atoms with Crippen LogP contribution in [0.2, 0.25) is 0 Å². The van der Waals surface area contributed by atoms with Crippen molar-refractivity contribution < 1.29 is 9.53 Å². The fourth-order valence-corrected chi connectivity index (χ4v) is 2.13. The molecule has 6 nitrogen and oxygen atoms in total. The number of hydrogen-bond donors (Lipinski definition) is 0. The summed E-state index contributed by atoms with van der Waals surface area (Å²) < 4.78 is 8.54. The minimum Gasteiger partial charge on any atom is -0.497 e. The first-order valence-corrected chi connectivity index (χ1v) is 6.39. The number of nitrogens with zero attached hydrogens (tertiary/aromatic N) is 4. The Balaban J connectivity index is 2.08. The highest BCUT2D eigenvalue weighted by atomic mass is 16.5. The minimum absolute atomic E-state index is 0.519. The standard InChI is InChI=1S/C15H14N4O2/c1-18-8-11(7-16-18)15-12(10-20)9-19(17-15)13-4-3-5-14(6-13)21-2/h3-10H,1-2H3. The van der Waals surface area contributed by atoms with Gasteiger partial charge in [-0.2, -0.15) is 10.2 Å². The van der Waals surface area contributed by atoms with E-state index in [1.165, 1.54) is 0 Å². The highest BCUT2D eigenvalue weighted by Crippen LogP contribution is 2.23. The molecule has 2 heterocycles. The molecule has 0 amide bonds. The van der Waals surface area contributed by atoms with Gasteiger partial charge in [0, 0.05) is 31.1 Å². The molecule has 0 unspecified atom stereocenters. The van der Waals surface area contributed by atoms with E-state index in [9.17, 15) is 4.79 Å². The molecule has 0 radical (unpaired) electrons. The van der Waals surface area contributed by atoms with Crippen molar-refractivity contribution in [2.45, 2.75) is 0 Å². The minimum atomic E-state index is 0.519. The number of rotatable bonds is 4. The van der Waals surface area contributed by atoms with Gasteiger partial charge >= 0.3 is 0 Å². The van der Waals surface area contributed by atoms with Gasteiger partial charge in [0.15, 0.2) is 6.29 Å².